The van der Waals surface area contributed by atoms with E-state index in [0.29, 0.717) is 12.1 Å². The zero-order valence-electron chi connectivity index (χ0n) is 13.6. The van der Waals surface area contributed by atoms with Crippen molar-refractivity contribution in [1.82, 2.24) is 10.3 Å². The Bertz CT molecular complexity index is 486. The second-order valence-electron chi connectivity index (χ2n) is 7.51. The Morgan fingerprint density at radius 1 is 1.29 bits per heavy atom. The van der Waals surface area contributed by atoms with Crippen LogP contribution in [-0.4, -0.2) is 41.4 Å². The van der Waals surface area contributed by atoms with Gasteiger partial charge in [-0.15, -0.1) is 0 Å². The highest BCUT2D eigenvalue weighted by molar-refractivity contribution is 5.39. The predicted octanol–water partition coefficient (Wildman–Crippen LogP) is 2.60. The number of aromatic nitrogens is 1. The molecule has 1 N–H and O–H groups in total. The van der Waals surface area contributed by atoms with Gasteiger partial charge in [-0.3, -0.25) is 0 Å². The molecule has 0 aromatic carbocycles. The number of hydrogen-bond donors (Lipinski definition) is 1. The molecule has 1 aromatic rings. The lowest BCUT2D eigenvalue weighted by Gasteiger charge is -2.30. The van der Waals surface area contributed by atoms with Crippen molar-refractivity contribution in [2.45, 2.75) is 63.8 Å². The topological polar surface area (TPSA) is 37.4 Å². The summed E-state index contributed by atoms with van der Waals surface area (Å²) in [5, 5.41) is 3.83. The Morgan fingerprint density at radius 3 is 2.71 bits per heavy atom. The summed E-state index contributed by atoms with van der Waals surface area (Å²) in [6.45, 7) is 10.9. The summed E-state index contributed by atoms with van der Waals surface area (Å²) in [5.41, 5.74) is -0.123. The van der Waals surface area contributed by atoms with Crippen molar-refractivity contribution in [2.24, 2.45) is 0 Å². The van der Waals surface area contributed by atoms with Gasteiger partial charge < -0.3 is 15.0 Å². The molecule has 3 heterocycles. The van der Waals surface area contributed by atoms with Crippen LogP contribution in [0.3, 0.4) is 0 Å². The zero-order chi connectivity index (χ0) is 15.1. The molecule has 2 aliphatic heterocycles. The van der Waals surface area contributed by atoms with E-state index in [1.165, 1.54) is 6.42 Å². The van der Waals surface area contributed by atoms with Gasteiger partial charge in [-0.1, -0.05) is 6.07 Å². The Hall–Kier alpha value is -1.13. The lowest BCUT2D eigenvalue weighted by Crippen LogP contribution is -2.48. The molecule has 0 saturated carbocycles. The summed E-state index contributed by atoms with van der Waals surface area (Å²) < 4.78 is 6.18. The Morgan fingerprint density at radius 2 is 2.10 bits per heavy atom. The van der Waals surface area contributed by atoms with Crippen LogP contribution in [0.5, 0.6) is 0 Å². The fraction of sp³-hybridized carbons (Fsp3) is 0.706. The lowest BCUT2D eigenvalue weighted by molar-refractivity contribution is -0.0703. The first kappa shape index (κ1) is 14.8. The Kier molecular flexibility index (Phi) is 3.70. The Balaban J connectivity index is 1.60. The number of anilines is 1. The fourth-order valence-corrected chi connectivity index (χ4v) is 3.75. The number of pyridine rings is 1. The van der Waals surface area contributed by atoms with Gasteiger partial charge >= 0.3 is 0 Å². The van der Waals surface area contributed by atoms with E-state index >= 15 is 0 Å². The standard InChI is InChI=1S/C17H27N3O/c1-16(2)11-14(17(3,4)21-16)19-13-8-10-20(12-13)15-7-5-6-9-18-15/h5-7,9,13-14,19H,8,10-12H2,1-4H3/t13-,14+/m1/s1. The fourth-order valence-electron chi connectivity index (χ4n) is 3.75. The third-order valence-corrected chi connectivity index (χ3v) is 4.67. The average Bonchev–Trinajstić information content (AvgIpc) is 2.93. The quantitative estimate of drug-likeness (QED) is 0.928. The van der Waals surface area contributed by atoms with Gasteiger partial charge in [-0.05, 0) is 52.7 Å². The minimum Gasteiger partial charge on any atom is -0.368 e. The van der Waals surface area contributed by atoms with Crippen LogP contribution >= 0.6 is 0 Å². The van der Waals surface area contributed by atoms with E-state index in [1.54, 1.807) is 0 Å². The third-order valence-electron chi connectivity index (χ3n) is 4.67. The monoisotopic (exact) mass is 289 g/mol. The minimum absolute atomic E-state index is 0.0273. The van der Waals surface area contributed by atoms with Crippen molar-refractivity contribution in [2.75, 3.05) is 18.0 Å². The van der Waals surface area contributed by atoms with Gasteiger partial charge in [-0.2, -0.15) is 0 Å². The minimum atomic E-state index is -0.0953. The molecular formula is C17H27N3O. The lowest BCUT2D eigenvalue weighted by atomic mass is 9.93. The van der Waals surface area contributed by atoms with Gasteiger partial charge in [0.05, 0.1) is 11.2 Å². The summed E-state index contributed by atoms with van der Waals surface area (Å²) >= 11 is 0. The molecule has 4 heteroatoms. The van der Waals surface area contributed by atoms with Crippen LogP contribution < -0.4 is 10.2 Å². The Labute approximate surface area is 127 Å². The van der Waals surface area contributed by atoms with Crippen molar-refractivity contribution >= 4 is 5.82 Å². The molecule has 0 aliphatic carbocycles. The first-order chi connectivity index (χ1) is 9.86. The summed E-state index contributed by atoms with van der Waals surface area (Å²) in [6, 6.07) is 7.05. The molecule has 0 bridgehead atoms. The number of rotatable bonds is 3. The summed E-state index contributed by atoms with van der Waals surface area (Å²) in [6.07, 6.45) is 4.11. The van der Waals surface area contributed by atoms with Crippen molar-refractivity contribution in [1.29, 1.82) is 0 Å². The SMILES string of the molecule is CC1(C)C[C@H](N[C@@H]2CCN(c3ccccn3)C2)C(C)(C)O1. The van der Waals surface area contributed by atoms with Crippen molar-refractivity contribution in [3.05, 3.63) is 24.4 Å². The molecule has 3 rings (SSSR count). The van der Waals surface area contributed by atoms with Crippen LogP contribution in [0, 0.1) is 0 Å². The average molecular weight is 289 g/mol. The first-order valence-electron chi connectivity index (χ1n) is 7.98. The maximum absolute atomic E-state index is 6.18. The summed E-state index contributed by atoms with van der Waals surface area (Å²) in [4.78, 5) is 6.82. The first-order valence-corrected chi connectivity index (χ1v) is 7.98. The summed E-state index contributed by atoms with van der Waals surface area (Å²) in [5.74, 6) is 1.09. The molecule has 0 unspecified atom stereocenters. The van der Waals surface area contributed by atoms with E-state index in [1.807, 2.05) is 12.3 Å². The van der Waals surface area contributed by atoms with E-state index in [2.05, 4.69) is 55.0 Å². The van der Waals surface area contributed by atoms with Gasteiger partial charge in [0.15, 0.2) is 0 Å². The van der Waals surface area contributed by atoms with Crippen molar-refractivity contribution in [3.8, 4) is 0 Å². The number of nitrogens with one attached hydrogen (secondary N) is 1. The van der Waals surface area contributed by atoms with E-state index in [-0.39, 0.29) is 11.2 Å². The molecule has 116 valence electrons. The van der Waals surface area contributed by atoms with Crippen LogP contribution in [0.25, 0.3) is 0 Å². The second kappa shape index (κ2) is 5.25. The molecule has 4 nitrogen and oxygen atoms in total. The van der Waals surface area contributed by atoms with Gasteiger partial charge in [-0.25, -0.2) is 4.98 Å². The van der Waals surface area contributed by atoms with Crippen LogP contribution in [0.1, 0.15) is 40.5 Å². The highest BCUT2D eigenvalue weighted by atomic mass is 16.5. The largest absolute Gasteiger partial charge is 0.368 e. The van der Waals surface area contributed by atoms with Crippen LogP contribution in [0.4, 0.5) is 5.82 Å². The molecule has 21 heavy (non-hydrogen) atoms. The smallest absolute Gasteiger partial charge is 0.128 e. The van der Waals surface area contributed by atoms with Gasteiger partial charge in [0.2, 0.25) is 0 Å². The molecular weight excluding hydrogens is 262 g/mol. The van der Waals surface area contributed by atoms with Gasteiger partial charge in [0.25, 0.3) is 0 Å². The second-order valence-corrected chi connectivity index (χ2v) is 7.51. The summed E-state index contributed by atoms with van der Waals surface area (Å²) in [7, 11) is 0. The third kappa shape index (κ3) is 3.22. The maximum atomic E-state index is 6.18. The maximum Gasteiger partial charge on any atom is 0.128 e. The number of nitrogens with zero attached hydrogens (tertiary/aromatic N) is 2. The van der Waals surface area contributed by atoms with Crippen LogP contribution in [-0.2, 0) is 4.74 Å². The number of ether oxygens (including phenoxy) is 1. The van der Waals surface area contributed by atoms with E-state index in [4.69, 9.17) is 4.74 Å². The van der Waals surface area contributed by atoms with Crippen LogP contribution in [0.2, 0.25) is 0 Å². The highest BCUT2D eigenvalue weighted by Crippen LogP contribution is 2.37. The van der Waals surface area contributed by atoms with Gasteiger partial charge in [0.1, 0.15) is 5.82 Å². The molecule has 2 fully saturated rings. The normalized spacial score (nSPS) is 30.8. The van der Waals surface area contributed by atoms with Crippen molar-refractivity contribution in [3.63, 3.8) is 0 Å². The zero-order valence-corrected chi connectivity index (χ0v) is 13.6. The van der Waals surface area contributed by atoms with Crippen LogP contribution in [0.15, 0.2) is 24.4 Å². The molecule has 0 spiro atoms. The van der Waals surface area contributed by atoms with E-state index in [0.717, 1.165) is 25.3 Å². The molecule has 0 radical (unpaired) electrons. The number of hydrogen-bond acceptors (Lipinski definition) is 4. The van der Waals surface area contributed by atoms with E-state index in [9.17, 15) is 0 Å². The molecule has 2 saturated heterocycles. The molecule has 2 atom stereocenters. The predicted molar refractivity (Wildman–Crippen MR) is 85.6 cm³/mol. The highest BCUT2D eigenvalue weighted by Gasteiger charge is 2.46. The molecule has 0 amide bonds. The molecule has 2 aliphatic rings. The van der Waals surface area contributed by atoms with Crippen molar-refractivity contribution < 1.29 is 4.74 Å². The van der Waals surface area contributed by atoms with E-state index < -0.39 is 0 Å². The van der Waals surface area contributed by atoms with Gasteiger partial charge in [0, 0.05) is 31.4 Å². The molecule has 1 aromatic heterocycles.